The molecule has 1 aromatic carbocycles. The molecule has 0 saturated carbocycles. The average Bonchev–Trinajstić information content (AvgIpc) is 3.16. The number of methoxy groups -OCH3 is 1. The maximum absolute atomic E-state index is 12.5. The lowest BCUT2D eigenvalue weighted by molar-refractivity contribution is 0.191. The van der Waals surface area contributed by atoms with Crippen LogP contribution in [-0.2, 0) is 0 Å². The van der Waals surface area contributed by atoms with Crippen LogP contribution >= 0.6 is 11.3 Å². The molecule has 2 amide bonds. The van der Waals surface area contributed by atoms with Crippen LogP contribution in [0.25, 0.3) is 0 Å². The first-order valence-electron chi connectivity index (χ1n) is 8.02. The van der Waals surface area contributed by atoms with Crippen LogP contribution in [0.15, 0.2) is 35.8 Å². The lowest BCUT2D eigenvalue weighted by Crippen LogP contribution is -2.52. The molecule has 1 atom stereocenters. The average molecular weight is 346 g/mol. The van der Waals surface area contributed by atoms with E-state index in [1.807, 2.05) is 47.7 Å². The molecule has 0 radical (unpaired) electrons. The van der Waals surface area contributed by atoms with Gasteiger partial charge in [-0.05, 0) is 13.0 Å². The molecule has 6 nitrogen and oxygen atoms in total. The first kappa shape index (κ1) is 16.6. The Morgan fingerprint density at radius 2 is 2.04 bits per heavy atom. The second-order valence-corrected chi connectivity index (χ2v) is 6.57. The minimum absolute atomic E-state index is 0.0350. The SMILES string of the molecule is COc1ccccc1[C@H](C)NC(=O)N1CCN(c2nccs2)CC1. The van der Waals surface area contributed by atoms with Crippen molar-refractivity contribution in [3.8, 4) is 5.75 Å². The summed E-state index contributed by atoms with van der Waals surface area (Å²) in [5.41, 5.74) is 0.981. The van der Waals surface area contributed by atoms with Crippen LogP contribution < -0.4 is 15.0 Å². The Labute approximate surface area is 146 Å². The van der Waals surface area contributed by atoms with Crippen LogP contribution in [-0.4, -0.2) is 49.2 Å². The molecule has 0 unspecified atom stereocenters. The van der Waals surface area contributed by atoms with E-state index < -0.39 is 0 Å². The number of rotatable bonds is 4. The fourth-order valence-electron chi connectivity index (χ4n) is 2.85. The van der Waals surface area contributed by atoms with Gasteiger partial charge in [0.15, 0.2) is 5.13 Å². The third kappa shape index (κ3) is 3.62. The molecule has 0 aliphatic carbocycles. The zero-order valence-corrected chi connectivity index (χ0v) is 14.8. The van der Waals surface area contributed by atoms with Crippen molar-refractivity contribution < 1.29 is 9.53 Å². The molecule has 1 aromatic heterocycles. The summed E-state index contributed by atoms with van der Waals surface area (Å²) in [6.07, 6.45) is 1.81. The monoisotopic (exact) mass is 346 g/mol. The molecule has 1 aliphatic heterocycles. The van der Waals surface area contributed by atoms with E-state index in [0.717, 1.165) is 29.5 Å². The van der Waals surface area contributed by atoms with Crippen LogP contribution in [0.1, 0.15) is 18.5 Å². The second-order valence-electron chi connectivity index (χ2n) is 5.70. The molecule has 24 heavy (non-hydrogen) atoms. The zero-order chi connectivity index (χ0) is 16.9. The summed E-state index contributed by atoms with van der Waals surface area (Å²) < 4.78 is 5.37. The first-order chi connectivity index (χ1) is 11.7. The maximum Gasteiger partial charge on any atom is 0.317 e. The zero-order valence-electron chi connectivity index (χ0n) is 13.9. The van der Waals surface area contributed by atoms with Gasteiger partial charge in [0.25, 0.3) is 0 Å². The lowest BCUT2D eigenvalue weighted by Gasteiger charge is -2.35. The number of anilines is 1. The minimum atomic E-state index is -0.106. The highest BCUT2D eigenvalue weighted by Gasteiger charge is 2.24. The highest BCUT2D eigenvalue weighted by Crippen LogP contribution is 2.24. The topological polar surface area (TPSA) is 57.7 Å². The van der Waals surface area contributed by atoms with E-state index in [4.69, 9.17) is 4.74 Å². The number of thiazole rings is 1. The van der Waals surface area contributed by atoms with Gasteiger partial charge < -0.3 is 19.9 Å². The van der Waals surface area contributed by atoms with Gasteiger partial charge in [0.2, 0.25) is 0 Å². The largest absolute Gasteiger partial charge is 0.496 e. The summed E-state index contributed by atoms with van der Waals surface area (Å²) in [6.45, 7) is 4.99. The minimum Gasteiger partial charge on any atom is -0.496 e. The van der Waals surface area contributed by atoms with Crippen molar-refractivity contribution in [3.63, 3.8) is 0 Å². The number of piperazine rings is 1. The Hall–Kier alpha value is -2.28. The predicted octanol–water partition coefficient (Wildman–Crippen LogP) is 2.74. The van der Waals surface area contributed by atoms with E-state index in [1.54, 1.807) is 18.4 Å². The molecule has 2 heterocycles. The normalized spacial score (nSPS) is 15.9. The van der Waals surface area contributed by atoms with Crippen molar-refractivity contribution in [1.29, 1.82) is 0 Å². The highest BCUT2D eigenvalue weighted by molar-refractivity contribution is 7.13. The Morgan fingerprint density at radius 3 is 2.71 bits per heavy atom. The number of carbonyl (C=O) groups is 1. The molecular formula is C17H22N4O2S. The summed E-state index contributed by atoms with van der Waals surface area (Å²) >= 11 is 1.63. The summed E-state index contributed by atoms with van der Waals surface area (Å²) in [6, 6.07) is 7.62. The van der Waals surface area contributed by atoms with Crippen molar-refractivity contribution in [2.75, 3.05) is 38.2 Å². The van der Waals surface area contributed by atoms with Crippen molar-refractivity contribution in [2.45, 2.75) is 13.0 Å². The number of amides is 2. The number of para-hydroxylation sites is 1. The Kier molecular flexibility index (Phi) is 5.20. The van der Waals surface area contributed by atoms with Gasteiger partial charge >= 0.3 is 6.03 Å². The molecule has 128 valence electrons. The van der Waals surface area contributed by atoms with E-state index in [2.05, 4.69) is 15.2 Å². The number of benzene rings is 1. The van der Waals surface area contributed by atoms with E-state index in [1.165, 1.54) is 0 Å². The molecule has 1 saturated heterocycles. The Balaban J connectivity index is 1.56. The molecule has 1 fully saturated rings. The van der Waals surface area contributed by atoms with Crippen molar-refractivity contribution in [2.24, 2.45) is 0 Å². The van der Waals surface area contributed by atoms with Gasteiger partial charge in [-0.15, -0.1) is 11.3 Å². The van der Waals surface area contributed by atoms with Gasteiger partial charge in [-0.2, -0.15) is 0 Å². The van der Waals surface area contributed by atoms with E-state index in [-0.39, 0.29) is 12.1 Å². The quantitative estimate of drug-likeness (QED) is 0.925. The number of nitrogens with zero attached hydrogens (tertiary/aromatic N) is 3. The van der Waals surface area contributed by atoms with E-state index in [0.29, 0.717) is 13.1 Å². The third-order valence-electron chi connectivity index (χ3n) is 4.20. The van der Waals surface area contributed by atoms with Crippen LogP contribution in [0.2, 0.25) is 0 Å². The maximum atomic E-state index is 12.5. The molecular weight excluding hydrogens is 324 g/mol. The summed E-state index contributed by atoms with van der Waals surface area (Å²) in [4.78, 5) is 20.9. The van der Waals surface area contributed by atoms with Gasteiger partial charge in [0.05, 0.1) is 13.2 Å². The third-order valence-corrected chi connectivity index (χ3v) is 5.03. The summed E-state index contributed by atoms with van der Waals surface area (Å²) in [5, 5.41) is 6.07. The first-order valence-corrected chi connectivity index (χ1v) is 8.90. The van der Waals surface area contributed by atoms with Crippen molar-refractivity contribution in [3.05, 3.63) is 41.4 Å². The Morgan fingerprint density at radius 1 is 1.29 bits per heavy atom. The molecule has 0 bridgehead atoms. The van der Waals surface area contributed by atoms with Gasteiger partial charge in [0, 0.05) is 43.3 Å². The van der Waals surface area contributed by atoms with Gasteiger partial charge in [0.1, 0.15) is 5.75 Å². The molecule has 1 N–H and O–H groups in total. The molecule has 2 aromatic rings. The highest BCUT2D eigenvalue weighted by atomic mass is 32.1. The van der Waals surface area contributed by atoms with Gasteiger partial charge in [-0.3, -0.25) is 0 Å². The predicted molar refractivity (Wildman–Crippen MR) is 95.8 cm³/mol. The van der Waals surface area contributed by atoms with Gasteiger partial charge in [-0.1, -0.05) is 18.2 Å². The number of hydrogen-bond donors (Lipinski definition) is 1. The van der Waals surface area contributed by atoms with Crippen LogP contribution in [0.4, 0.5) is 9.93 Å². The van der Waals surface area contributed by atoms with Crippen LogP contribution in [0.3, 0.4) is 0 Å². The number of ether oxygens (including phenoxy) is 1. The number of carbonyl (C=O) groups excluding carboxylic acids is 1. The van der Waals surface area contributed by atoms with E-state index >= 15 is 0 Å². The molecule has 7 heteroatoms. The smallest absolute Gasteiger partial charge is 0.317 e. The Bertz CT molecular complexity index is 669. The van der Waals surface area contributed by atoms with Crippen molar-refractivity contribution >= 4 is 22.5 Å². The fourth-order valence-corrected chi connectivity index (χ4v) is 3.55. The molecule has 0 spiro atoms. The summed E-state index contributed by atoms with van der Waals surface area (Å²) in [7, 11) is 1.64. The number of urea groups is 1. The summed E-state index contributed by atoms with van der Waals surface area (Å²) in [5.74, 6) is 0.791. The fraction of sp³-hybridized carbons (Fsp3) is 0.412. The van der Waals surface area contributed by atoms with Crippen molar-refractivity contribution in [1.82, 2.24) is 15.2 Å². The van der Waals surface area contributed by atoms with Crippen LogP contribution in [0.5, 0.6) is 5.75 Å². The molecule has 3 rings (SSSR count). The molecule has 1 aliphatic rings. The number of nitrogens with one attached hydrogen (secondary N) is 1. The number of hydrogen-bond acceptors (Lipinski definition) is 5. The number of aromatic nitrogens is 1. The standard InChI is InChI=1S/C17H22N4O2S/c1-13(14-5-3-4-6-15(14)23-2)19-16(22)20-8-10-21(11-9-20)17-18-7-12-24-17/h3-7,12-13H,8-11H2,1-2H3,(H,19,22)/t13-/m0/s1. The lowest BCUT2D eigenvalue weighted by atomic mass is 10.1. The van der Waals surface area contributed by atoms with Gasteiger partial charge in [-0.25, -0.2) is 9.78 Å². The van der Waals surface area contributed by atoms with Crippen LogP contribution in [0, 0.1) is 0 Å². The van der Waals surface area contributed by atoms with E-state index in [9.17, 15) is 4.79 Å². The second kappa shape index (κ2) is 7.53.